The van der Waals surface area contributed by atoms with E-state index < -0.39 is 5.97 Å². The lowest BCUT2D eigenvalue weighted by Crippen LogP contribution is -2.28. The first-order valence-electron chi connectivity index (χ1n) is 6.20. The van der Waals surface area contributed by atoms with E-state index in [1.165, 1.54) is 35.6 Å². The molecule has 2 aromatic rings. The van der Waals surface area contributed by atoms with Crippen molar-refractivity contribution in [1.82, 2.24) is 5.32 Å². The van der Waals surface area contributed by atoms with Crippen LogP contribution in [0.25, 0.3) is 0 Å². The third-order valence-electron chi connectivity index (χ3n) is 2.66. The van der Waals surface area contributed by atoms with Crippen molar-refractivity contribution in [3.05, 3.63) is 57.8 Å². The van der Waals surface area contributed by atoms with Crippen molar-refractivity contribution in [1.29, 1.82) is 0 Å². The number of ether oxygens (including phenoxy) is 1. The summed E-state index contributed by atoms with van der Waals surface area (Å²) in [6.45, 7) is 0.0850. The normalized spacial score (nSPS) is 9.90. The molecule has 5 nitrogen and oxygen atoms in total. The molecule has 1 aromatic carbocycles. The molecule has 21 heavy (non-hydrogen) atoms. The Morgan fingerprint density at radius 1 is 1.19 bits per heavy atom. The van der Waals surface area contributed by atoms with Gasteiger partial charge in [-0.25, -0.2) is 4.79 Å². The molecule has 0 aliphatic carbocycles. The first-order chi connectivity index (χ1) is 10.2. The van der Waals surface area contributed by atoms with Crippen LogP contribution >= 0.6 is 11.3 Å². The molecular formula is C15H13NO4S. The fourth-order valence-electron chi connectivity index (χ4n) is 1.56. The Labute approximate surface area is 125 Å². The van der Waals surface area contributed by atoms with Gasteiger partial charge in [-0.3, -0.25) is 9.59 Å². The second-order valence-corrected chi connectivity index (χ2v) is 5.20. The Morgan fingerprint density at radius 3 is 2.57 bits per heavy atom. The van der Waals surface area contributed by atoms with Gasteiger partial charge in [-0.1, -0.05) is 18.2 Å². The van der Waals surface area contributed by atoms with E-state index >= 15 is 0 Å². The van der Waals surface area contributed by atoms with Gasteiger partial charge in [0.05, 0.1) is 12.1 Å². The molecule has 0 spiro atoms. The van der Waals surface area contributed by atoms with Crippen molar-refractivity contribution in [2.24, 2.45) is 0 Å². The van der Waals surface area contributed by atoms with Gasteiger partial charge in [0, 0.05) is 10.4 Å². The van der Waals surface area contributed by atoms with E-state index in [0.29, 0.717) is 24.0 Å². The second kappa shape index (κ2) is 7.35. The van der Waals surface area contributed by atoms with Crippen LogP contribution in [0.3, 0.4) is 0 Å². The molecule has 108 valence electrons. The molecule has 0 radical (unpaired) electrons. The molecule has 0 bridgehead atoms. The molecule has 0 saturated carbocycles. The smallest absolute Gasteiger partial charge is 0.338 e. The van der Waals surface area contributed by atoms with Gasteiger partial charge in [-0.2, -0.15) is 0 Å². The predicted molar refractivity (Wildman–Crippen MR) is 78.3 cm³/mol. The minimum atomic E-state index is -0.598. The SMILES string of the molecule is O=Cc1ccc(C(=O)OCC(=O)NCc2cccs2)cc1. The van der Waals surface area contributed by atoms with Gasteiger partial charge in [0.15, 0.2) is 6.61 Å². The Hall–Kier alpha value is -2.47. The Morgan fingerprint density at radius 2 is 1.95 bits per heavy atom. The number of thiophene rings is 1. The van der Waals surface area contributed by atoms with Gasteiger partial charge in [0.1, 0.15) is 6.29 Å². The van der Waals surface area contributed by atoms with E-state index in [2.05, 4.69) is 5.32 Å². The number of hydrogen-bond donors (Lipinski definition) is 1. The maximum atomic E-state index is 11.7. The molecule has 0 aliphatic rings. The monoisotopic (exact) mass is 303 g/mol. The number of esters is 1. The number of rotatable bonds is 6. The lowest BCUT2D eigenvalue weighted by molar-refractivity contribution is -0.124. The lowest BCUT2D eigenvalue weighted by Gasteiger charge is -2.06. The maximum Gasteiger partial charge on any atom is 0.338 e. The predicted octanol–water partition coefficient (Wildman–Crippen LogP) is 2.03. The van der Waals surface area contributed by atoms with E-state index in [4.69, 9.17) is 4.74 Å². The van der Waals surface area contributed by atoms with Gasteiger partial charge in [-0.05, 0) is 23.6 Å². The summed E-state index contributed by atoms with van der Waals surface area (Å²) < 4.78 is 4.90. The molecular weight excluding hydrogens is 290 g/mol. The van der Waals surface area contributed by atoms with E-state index in [9.17, 15) is 14.4 Å². The molecule has 1 heterocycles. The van der Waals surface area contributed by atoms with Gasteiger partial charge in [0.25, 0.3) is 5.91 Å². The van der Waals surface area contributed by atoms with Crippen LogP contribution in [0, 0.1) is 0 Å². The maximum absolute atomic E-state index is 11.7. The molecule has 0 saturated heterocycles. The van der Waals surface area contributed by atoms with Crippen LogP contribution in [-0.2, 0) is 16.1 Å². The van der Waals surface area contributed by atoms with Crippen molar-refractivity contribution in [2.75, 3.05) is 6.61 Å². The van der Waals surface area contributed by atoms with Crippen molar-refractivity contribution >= 4 is 29.5 Å². The molecule has 0 atom stereocenters. The fraction of sp³-hybridized carbons (Fsp3) is 0.133. The van der Waals surface area contributed by atoms with E-state index in [1.807, 2.05) is 17.5 Å². The Bertz CT molecular complexity index is 620. The van der Waals surface area contributed by atoms with E-state index in [-0.39, 0.29) is 12.5 Å². The number of carbonyl (C=O) groups excluding carboxylic acids is 3. The number of carbonyl (C=O) groups is 3. The quantitative estimate of drug-likeness (QED) is 0.654. The summed E-state index contributed by atoms with van der Waals surface area (Å²) in [7, 11) is 0. The summed E-state index contributed by atoms with van der Waals surface area (Å²) in [4.78, 5) is 34.8. The zero-order valence-electron chi connectivity index (χ0n) is 11.1. The zero-order chi connectivity index (χ0) is 15.1. The highest BCUT2D eigenvalue weighted by molar-refractivity contribution is 7.09. The number of amides is 1. The van der Waals surface area contributed by atoms with Crippen LogP contribution in [0.2, 0.25) is 0 Å². The molecule has 0 aliphatic heterocycles. The number of hydrogen-bond acceptors (Lipinski definition) is 5. The molecule has 2 rings (SSSR count). The Balaban J connectivity index is 1.77. The first-order valence-corrected chi connectivity index (χ1v) is 7.08. The highest BCUT2D eigenvalue weighted by Crippen LogP contribution is 2.07. The third-order valence-corrected chi connectivity index (χ3v) is 3.53. The molecule has 0 unspecified atom stereocenters. The lowest BCUT2D eigenvalue weighted by atomic mass is 10.1. The van der Waals surface area contributed by atoms with Crippen LogP contribution in [0.5, 0.6) is 0 Å². The molecule has 1 amide bonds. The van der Waals surface area contributed by atoms with E-state index in [0.717, 1.165) is 4.88 Å². The van der Waals surface area contributed by atoms with Crippen LogP contribution in [-0.4, -0.2) is 24.8 Å². The number of nitrogens with one attached hydrogen (secondary N) is 1. The summed E-state index contributed by atoms with van der Waals surface area (Å²) in [5.41, 5.74) is 0.770. The Kier molecular flexibility index (Phi) is 5.22. The van der Waals surface area contributed by atoms with Crippen LogP contribution in [0.15, 0.2) is 41.8 Å². The van der Waals surface area contributed by atoms with Crippen molar-refractivity contribution in [3.63, 3.8) is 0 Å². The van der Waals surface area contributed by atoms with Gasteiger partial charge in [0.2, 0.25) is 0 Å². The summed E-state index contributed by atoms with van der Waals surface area (Å²) in [5, 5.41) is 4.58. The number of benzene rings is 1. The molecule has 0 fully saturated rings. The summed E-state index contributed by atoms with van der Waals surface area (Å²) in [6, 6.07) is 9.80. The number of aldehydes is 1. The summed E-state index contributed by atoms with van der Waals surface area (Å²) in [6.07, 6.45) is 0.688. The van der Waals surface area contributed by atoms with Gasteiger partial charge < -0.3 is 10.1 Å². The van der Waals surface area contributed by atoms with Crippen LogP contribution in [0.1, 0.15) is 25.6 Å². The minimum absolute atomic E-state index is 0.298. The largest absolute Gasteiger partial charge is 0.452 e. The molecule has 1 aromatic heterocycles. The first kappa shape index (κ1) is 14.9. The second-order valence-electron chi connectivity index (χ2n) is 4.17. The van der Waals surface area contributed by atoms with Gasteiger partial charge >= 0.3 is 5.97 Å². The fourth-order valence-corrected chi connectivity index (χ4v) is 2.21. The summed E-state index contributed by atoms with van der Waals surface area (Å²) in [5.74, 6) is -0.958. The van der Waals surface area contributed by atoms with Crippen molar-refractivity contribution in [2.45, 2.75) is 6.54 Å². The minimum Gasteiger partial charge on any atom is -0.452 e. The van der Waals surface area contributed by atoms with Gasteiger partial charge in [-0.15, -0.1) is 11.3 Å². The average Bonchev–Trinajstić information content (AvgIpc) is 3.04. The standard InChI is InChI=1S/C15H13NO4S/c17-9-11-3-5-12(6-4-11)15(19)20-10-14(18)16-8-13-2-1-7-21-13/h1-7,9H,8,10H2,(H,16,18). The van der Waals surface area contributed by atoms with Crippen LogP contribution in [0.4, 0.5) is 0 Å². The summed E-state index contributed by atoms with van der Waals surface area (Å²) >= 11 is 1.54. The topological polar surface area (TPSA) is 72.5 Å². The van der Waals surface area contributed by atoms with Crippen LogP contribution < -0.4 is 5.32 Å². The third kappa shape index (κ3) is 4.54. The highest BCUT2D eigenvalue weighted by atomic mass is 32.1. The highest BCUT2D eigenvalue weighted by Gasteiger charge is 2.10. The van der Waals surface area contributed by atoms with Crippen molar-refractivity contribution < 1.29 is 19.1 Å². The molecule has 1 N–H and O–H groups in total. The van der Waals surface area contributed by atoms with Crippen molar-refractivity contribution in [3.8, 4) is 0 Å². The average molecular weight is 303 g/mol. The molecule has 6 heteroatoms. The van der Waals surface area contributed by atoms with E-state index in [1.54, 1.807) is 0 Å². The zero-order valence-corrected chi connectivity index (χ0v) is 11.9.